The Hall–Kier alpha value is -2.80. The van der Waals surface area contributed by atoms with Crippen molar-refractivity contribution in [2.24, 2.45) is 5.92 Å². The zero-order valence-electron chi connectivity index (χ0n) is 19.2. The molecule has 1 N–H and O–H groups in total. The Morgan fingerprint density at radius 3 is 2.81 bits per heavy atom. The minimum Gasteiger partial charge on any atom is -0.352 e. The van der Waals surface area contributed by atoms with E-state index in [1.54, 1.807) is 10.9 Å². The number of hydrogen-bond donors (Lipinski definition) is 1. The van der Waals surface area contributed by atoms with Gasteiger partial charge < -0.3 is 10.2 Å². The fourth-order valence-corrected chi connectivity index (χ4v) is 4.78. The molecule has 0 radical (unpaired) electrons. The molecule has 1 atom stereocenters. The highest BCUT2D eigenvalue weighted by Gasteiger charge is 2.29. The van der Waals surface area contributed by atoms with Gasteiger partial charge in [-0.05, 0) is 77.1 Å². The second-order valence-corrected chi connectivity index (χ2v) is 9.56. The first-order valence-electron chi connectivity index (χ1n) is 11.8. The Morgan fingerprint density at radius 2 is 2.09 bits per heavy atom. The Labute approximate surface area is 189 Å². The molecule has 0 bridgehead atoms. The fourth-order valence-electron chi connectivity index (χ4n) is 4.78. The van der Waals surface area contributed by atoms with Crippen molar-refractivity contribution in [2.45, 2.75) is 58.4 Å². The second kappa shape index (κ2) is 8.62. The van der Waals surface area contributed by atoms with Crippen LogP contribution in [-0.4, -0.2) is 56.2 Å². The summed E-state index contributed by atoms with van der Waals surface area (Å²) in [6, 6.07) is 8.29. The summed E-state index contributed by atoms with van der Waals surface area (Å²) in [4.78, 5) is 25.3. The molecule has 4 heterocycles. The van der Waals surface area contributed by atoms with Gasteiger partial charge in [-0.25, -0.2) is 9.97 Å². The third-order valence-electron chi connectivity index (χ3n) is 6.77. The van der Waals surface area contributed by atoms with Gasteiger partial charge in [0.1, 0.15) is 0 Å². The van der Waals surface area contributed by atoms with E-state index in [1.807, 2.05) is 31.2 Å². The number of carbonyl (C=O) groups excluding carboxylic acids is 1. The van der Waals surface area contributed by atoms with Crippen LogP contribution in [0, 0.1) is 12.8 Å². The largest absolute Gasteiger partial charge is 0.352 e. The monoisotopic (exact) mass is 432 g/mol. The lowest BCUT2D eigenvalue weighted by molar-refractivity contribution is 0.0924. The number of nitrogens with one attached hydrogen (secondary N) is 1. The average molecular weight is 433 g/mol. The lowest BCUT2D eigenvalue weighted by Gasteiger charge is -2.35. The van der Waals surface area contributed by atoms with E-state index in [0.29, 0.717) is 35.8 Å². The lowest BCUT2D eigenvalue weighted by atomic mass is 9.96. The first kappa shape index (κ1) is 21.1. The van der Waals surface area contributed by atoms with Crippen molar-refractivity contribution in [3.8, 4) is 5.82 Å². The maximum absolute atomic E-state index is 13.4. The third-order valence-corrected chi connectivity index (χ3v) is 6.77. The van der Waals surface area contributed by atoms with Crippen molar-refractivity contribution in [2.75, 3.05) is 19.6 Å². The van der Waals surface area contributed by atoms with Crippen molar-refractivity contribution < 1.29 is 4.79 Å². The summed E-state index contributed by atoms with van der Waals surface area (Å²) in [5.74, 6) is 1.63. The topological polar surface area (TPSA) is 75.9 Å². The SMILES string of the molecule is Cc1nn(-c2ccccn2)c2nc(C3CC3)cc(C(=O)NCC3CCCN(C(C)C)C3)c12. The minimum absolute atomic E-state index is 0.0235. The Kier molecular flexibility index (Phi) is 5.67. The molecule has 7 nitrogen and oxygen atoms in total. The molecular formula is C25H32N6O. The zero-order chi connectivity index (χ0) is 22.2. The van der Waals surface area contributed by atoms with Crippen LogP contribution in [0.15, 0.2) is 30.5 Å². The number of fused-ring (bicyclic) bond motifs is 1. The summed E-state index contributed by atoms with van der Waals surface area (Å²) in [6.07, 6.45) is 6.37. The molecule has 1 amide bonds. The molecule has 1 aliphatic carbocycles. The highest BCUT2D eigenvalue weighted by atomic mass is 16.1. The maximum Gasteiger partial charge on any atom is 0.252 e. The van der Waals surface area contributed by atoms with Crippen LogP contribution in [0.25, 0.3) is 16.9 Å². The van der Waals surface area contributed by atoms with Crippen LogP contribution in [-0.2, 0) is 0 Å². The standard InChI is InChI=1S/C25H32N6O/c1-16(2)30-12-6-7-18(15-30)14-27-25(32)20-13-21(19-9-10-19)28-24-23(20)17(3)29-31(24)22-8-4-5-11-26-22/h4-5,8,11,13,16,18-19H,6-7,9-10,12,14-15H2,1-3H3,(H,27,32). The zero-order valence-corrected chi connectivity index (χ0v) is 19.2. The van der Waals surface area contributed by atoms with Gasteiger partial charge in [0, 0.05) is 36.9 Å². The summed E-state index contributed by atoms with van der Waals surface area (Å²) in [5.41, 5.74) is 3.20. The van der Waals surface area contributed by atoms with Crippen LogP contribution in [0.3, 0.4) is 0 Å². The number of piperidine rings is 1. The van der Waals surface area contributed by atoms with Crippen LogP contribution in [0.5, 0.6) is 0 Å². The summed E-state index contributed by atoms with van der Waals surface area (Å²) in [7, 11) is 0. The highest BCUT2D eigenvalue weighted by molar-refractivity contribution is 6.06. The quantitative estimate of drug-likeness (QED) is 0.640. The number of aromatic nitrogens is 4. The minimum atomic E-state index is -0.0235. The maximum atomic E-state index is 13.4. The van der Waals surface area contributed by atoms with Crippen molar-refractivity contribution in [1.82, 2.24) is 30.0 Å². The molecular weight excluding hydrogens is 400 g/mol. The predicted octanol–water partition coefficient (Wildman–Crippen LogP) is 3.85. The van der Waals surface area contributed by atoms with Gasteiger partial charge >= 0.3 is 0 Å². The van der Waals surface area contributed by atoms with Gasteiger partial charge in [-0.3, -0.25) is 4.79 Å². The van der Waals surface area contributed by atoms with Gasteiger partial charge in [-0.1, -0.05) is 6.07 Å². The Morgan fingerprint density at radius 1 is 1.25 bits per heavy atom. The highest BCUT2D eigenvalue weighted by Crippen LogP contribution is 2.40. The van der Waals surface area contributed by atoms with Gasteiger partial charge in [0.2, 0.25) is 0 Å². The molecule has 168 valence electrons. The fraction of sp³-hybridized carbons (Fsp3) is 0.520. The molecule has 0 aromatic carbocycles. The molecule has 2 aliphatic rings. The van der Waals surface area contributed by atoms with Gasteiger partial charge in [0.25, 0.3) is 5.91 Å². The molecule has 0 spiro atoms. The molecule has 1 saturated carbocycles. The van der Waals surface area contributed by atoms with E-state index in [1.165, 1.54) is 12.8 Å². The molecule has 32 heavy (non-hydrogen) atoms. The summed E-state index contributed by atoms with van der Waals surface area (Å²) in [6.45, 7) is 9.35. The van der Waals surface area contributed by atoms with E-state index < -0.39 is 0 Å². The van der Waals surface area contributed by atoms with Crippen molar-refractivity contribution in [3.05, 3.63) is 47.4 Å². The molecule has 1 saturated heterocycles. The number of aryl methyl sites for hydroxylation is 1. The average Bonchev–Trinajstić information content (AvgIpc) is 3.61. The van der Waals surface area contributed by atoms with E-state index in [0.717, 1.165) is 48.4 Å². The van der Waals surface area contributed by atoms with Gasteiger partial charge in [-0.2, -0.15) is 9.78 Å². The van der Waals surface area contributed by atoms with Gasteiger partial charge in [-0.15, -0.1) is 0 Å². The van der Waals surface area contributed by atoms with Crippen LogP contribution in [0.4, 0.5) is 0 Å². The molecule has 3 aromatic heterocycles. The normalized spacial score (nSPS) is 19.6. The van der Waals surface area contributed by atoms with E-state index in [4.69, 9.17) is 10.1 Å². The summed E-state index contributed by atoms with van der Waals surface area (Å²) in [5, 5.41) is 8.77. The molecule has 1 unspecified atom stereocenters. The number of pyridine rings is 2. The van der Waals surface area contributed by atoms with Gasteiger partial charge in [0.15, 0.2) is 11.5 Å². The first-order valence-corrected chi connectivity index (χ1v) is 11.8. The number of likely N-dealkylation sites (tertiary alicyclic amines) is 1. The number of rotatable bonds is 6. The van der Waals surface area contributed by atoms with Crippen LogP contribution >= 0.6 is 0 Å². The van der Waals surface area contributed by atoms with Gasteiger partial charge in [0.05, 0.1) is 16.6 Å². The number of nitrogens with zero attached hydrogens (tertiary/aromatic N) is 5. The summed E-state index contributed by atoms with van der Waals surface area (Å²) < 4.78 is 1.77. The predicted molar refractivity (Wildman–Crippen MR) is 125 cm³/mol. The van der Waals surface area contributed by atoms with Crippen molar-refractivity contribution in [3.63, 3.8) is 0 Å². The van der Waals surface area contributed by atoms with E-state index in [9.17, 15) is 4.79 Å². The second-order valence-electron chi connectivity index (χ2n) is 9.56. The summed E-state index contributed by atoms with van der Waals surface area (Å²) >= 11 is 0. The molecule has 5 rings (SSSR count). The molecule has 3 aromatic rings. The number of amides is 1. The van der Waals surface area contributed by atoms with E-state index in [2.05, 4.69) is 29.0 Å². The Bertz CT molecular complexity index is 1120. The van der Waals surface area contributed by atoms with Crippen LogP contribution < -0.4 is 5.32 Å². The van der Waals surface area contributed by atoms with E-state index >= 15 is 0 Å². The third kappa shape index (κ3) is 4.13. The smallest absolute Gasteiger partial charge is 0.252 e. The van der Waals surface area contributed by atoms with E-state index in [-0.39, 0.29) is 5.91 Å². The van der Waals surface area contributed by atoms with Crippen molar-refractivity contribution in [1.29, 1.82) is 0 Å². The van der Waals surface area contributed by atoms with Crippen molar-refractivity contribution >= 4 is 16.9 Å². The molecule has 7 heteroatoms. The molecule has 2 fully saturated rings. The van der Waals surface area contributed by atoms with Crippen LogP contribution in [0.2, 0.25) is 0 Å². The number of carbonyl (C=O) groups is 1. The molecule has 1 aliphatic heterocycles. The lowest BCUT2D eigenvalue weighted by Crippen LogP contribution is -2.43. The first-order chi connectivity index (χ1) is 15.5. The van der Waals surface area contributed by atoms with Crippen LogP contribution in [0.1, 0.15) is 67.2 Å². The number of hydrogen-bond acceptors (Lipinski definition) is 5. The Balaban J connectivity index is 1.45.